The first kappa shape index (κ1) is 14.7. The Balaban J connectivity index is 2.00. The van der Waals surface area contributed by atoms with Gasteiger partial charge in [-0.3, -0.25) is 0 Å². The van der Waals surface area contributed by atoms with Crippen molar-refractivity contribution < 1.29 is 9.47 Å². The van der Waals surface area contributed by atoms with Crippen LogP contribution in [0.5, 0.6) is 11.5 Å². The van der Waals surface area contributed by atoms with Gasteiger partial charge in [-0.2, -0.15) is 0 Å². The molecule has 1 aliphatic rings. The normalized spacial score (nSPS) is 12.3. The molecule has 0 N–H and O–H groups in total. The predicted octanol–water partition coefficient (Wildman–Crippen LogP) is 5.23. The van der Waals surface area contributed by atoms with E-state index in [-0.39, 0.29) is 0 Å². The van der Waals surface area contributed by atoms with Crippen molar-refractivity contribution in [1.29, 1.82) is 0 Å². The van der Waals surface area contributed by atoms with Gasteiger partial charge < -0.3 is 9.47 Å². The molecular weight excluding hydrogens is 272 g/mol. The summed E-state index contributed by atoms with van der Waals surface area (Å²) < 4.78 is 11.0. The first-order valence-corrected chi connectivity index (χ1v) is 7.96. The number of benzene rings is 2. The molecule has 0 saturated carbocycles. The third-order valence-corrected chi connectivity index (χ3v) is 4.23. The molecule has 0 bridgehead atoms. The van der Waals surface area contributed by atoms with Crippen molar-refractivity contribution in [3.63, 3.8) is 0 Å². The van der Waals surface area contributed by atoms with E-state index in [1.807, 2.05) is 6.07 Å². The monoisotopic (exact) mass is 294 g/mol. The molecule has 0 aliphatic carbocycles. The first-order valence-electron chi connectivity index (χ1n) is 7.96. The zero-order valence-corrected chi connectivity index (χ0v) is 13.3. The van der Waals surface area contributed by atoms with Crippen LogP contribution in [0.1, 0.15) is 37.8 Å². The topological polar surface area (TPSA) is 18.5 Å². The maximum Gasteiger partial charge on any atom is 0.231 e. The summed E-state index contributed by atoms with van der Waals surface area (Å²) >= 11 is 0. The number of hydrogen-bond acceptors (Lipinski definition) is 2. The lowest BCUT2D eigenvalue weighted by Crippen LogP contribution is -1.96. The van der Waals surface area contributed by atoms with E-state index in [9.17, 15) is 0 Å². The minimum Gasteiger partial charge on any atom is -0.454 e. The van der Waals surface area contributed by atoms with Crippen LogP contribution in [0.25, 0.3) is 5.57 Å². The van der Waals surface area contributed by atoms with Gasteiger partial charge in [0.05, 0.1) is 0 Å². The van der Waals surface area contributed by atoms with Crippen LogP contribution in [0.2, 0.25) is 0 Å². The Morgan fingerprint density at radius 2 is 1.64 bits per heavy atom. The third kappa shape index (κ3) is 3.01. The van der Waals surface area contributed by atoms with Crippen molar-refractivity contribution in [2.75, 3.05) is 6.79 Å². The Bertz CT molecular complexity index is 665. The average molecular weight is 294 g/mol. The number of allylic oxidation sites excluding steroid dienone is 2. The molecule has 1 heterocycles. The van der Waals surface area contributed by atoms with Gasteiger partial charge in [-0.1, -0.05) is 55.8 Å². The van der Waals surface area contributed by atoms with Gasteiger partial charge in [0, 0.05) is 0 Å². The lowest BCUT2D eigenvalue weighted by Gasteiger charge is -2.15. The lowest BCUT2D eigenvalue weighted by molar-refractivity contribution is 0.174. The standard InChI is InChI=1S/C20H22O2/c1-3-16(4-2)18(12-15-8-6-5-7-9-15)17-10-11-19-20(13-17)22-14-21-19/h5-11,13H,3-4,12,14H2,1-2H3. The van der Waals surface area contributed by atoms with Crippen molar-refractivity contribution in [2.45, 2.75) is 33.1 Å². The summed E-state index contributed by atoms with van der Waals surface area (Å²) in [5.41, 5.74) is 5.50. The van der Waals surface area contributed by atoms with Crippen LogP contribution in [0, 0.1) is 0 Å². The minimum absolute atomic E-state index is 0.324. The predicted molar refractivity (Wildman–Crippen MR) is 90.2 cm³/mol. The summed E-state index contributed by atoms with van der Waals surface area (Å²) in [6.45, 7) is 4.79. The lowest BCUT2D eigenvalue weighted by atomic mass is 9.91. The van der Waals surface area contributed by atoms with E-state index in [4.69, 9.17) is 9.47 Å². The van der Waals surface area contributed by atoms with Gasteiger partial charge >= 0.3 is 0 Å². The molecule has 0 spiro atoms. The fraction of sp³-hybridized carbons (Fsp3) is 0.300. The molecule has 22 heavy (non-hydrogen) atoms. The van der Waals surface area contributed by atoms with Gasteiger partial charge in [0.2, 0.25) is 6.79 Å². The van der Waals surface area contributed by atoms with E-state index in [1.54, 1.807) is 0 Å². The Labute approximate surface area is 132 Å². The molecule has 0 aromatic heterocycles. The Kier molecular flexibility index (Phi) is 4.47. The van der Waals surface area contributed by atoms with Crippen molar-refractivity contribution in [1.82, 2.24) is 0 Å². The molecule has 0 radical (unpaired) electrons. The zero-order chi connectivity index (χ0) is 15.4. The van der Waals surface area contributed by atoms with E-state index in [0.717, 1.165) is 30.8 Å². The van der Waals surface area contributed by atoms with E-state index >= 15 is 0 Å². The molecule has 3 rings (SSSR count). The summed E-state index contributed by atoms with van der Waals surface area (Å²) in [4.78, 5) is 0. The van der Waals surface area contributed by atoms with Crippen LogP contribution in [-0.4, -0.2) is 6.79 Å². The highest BCUT2D eigenvalue weighted by molar-refractivity contribution is 5.72. The van der Waals surface area contributed by atoms with Gasteiger partial charge in [0.15, 0.2) is 11.5 Å². The number of rotatable bonds is 5. The van der Waals surface area contributed by atoms with Gasteiger partial charge in [-0.15, -0.1) is 0 Å². The fourth-order valence-electron chi connectivity index (χ4n) is 2.99. The molecular formula is C20H22O2. The quantitative estimate of drug-likeness (QED) is 0.751. The molecule has 2 nitrogen and oxygen atoms in total. The van der Waals surface area contributed by atoms with Crippen LogP contribution in [0.15, 0.2) is 54.1 Å². The van der Waals surface area contributed by atoms with Gasteiger partial charge in [0.25, 0.3) is 0 Å². The summed E-state index contributed by atoms with van der Waals surface area (Å²) in [6.07, 6.45) is 3.11. The number of ether oxygens (including phenoxy) is 2. The van der Waals surface area contributed by atoms with Crippen molar-refractivity contribution >= 4 is 5.57 Å². The Morgan fingerprint density at radius 1 is 0.909 bits per heavy atom. The maximum atomic E-state index is 5.54. The van der Waals surface area contributed by atoms with E-state index in [1.165, 1.54) is 22.3 Å². The summed E-state index contributed by atoms with van der Waals surface area (Å²) in [7, 11) is 0. The van der Waals surface area contributed by atoms with Crippen molar-refractivity contribution in [3.8, 4) is 11.5 Å². The minimum atomic E-state index is 0.324. The molecule has 2 aromatic carbocycles. The molecule has 1 aliphatic heterocycles. The Morgan fingerprint density at radius 3 is 2.36 bits per heavy atom. The zero-order valence-electron chi connectivity index (χ0n) is 13.3. The van der Waals surface area contributed by atoms with Crippen LogP contribution < -0.4 is 9.47 Å². The molecule has 0 saturated heterocycles. The number of fused-ring (bicyclic) bond motifs is 1. The maximum absolute atomic E-state index is 5.54. The molecule has 2 aromatic rings. The van der Waals surface area contributed by atoms with Crippen LogP contribution in [0.4, 0.5) is 0 Å². The molecule has 2 heteroatoms. The SMILES string of the molecule is CCC(CC)=C(Cc1ccccc1)c1ccc2c(c1)OCO2. The fourth-order valence-corrected chi connectivity index (χ4v) is 2.99. The summed E-state index contributed by atoms with van der Waals surface area (Å²) in [5.74, 6) is 1.70. The second kappa shape index (κ2) is 6.69. The summed E-state index contributed by atoms with van der Waals surface area (Å²) in [6, 6.07) is 16.9. The average Bonchev–Trinajstić information content (AvgIpc) is 3.03. The van der Waals surface area contributed by atoms with E-state index in [0.29, 0.717) is 6.79 Å². The molecule has 0 atom stereocenters. The molecule has 0 fully saturated rings. The first-order chi connectivity index (χ1) is 10.8. The summed E-state index contributed by atoms with van der Waals surface area (Å²) in [5, 5.41) is 0. The van der Waals surface area contributed by atoms with Crippen LogP contribution in [-0.2, 0) is 6.42 Å². The molecule has 0 amide bonds. The van der Waals surface area contributed by atoms with Gasteiger partial charge in [-0.05, 0) is 48.1 Å². The number of hydrogen-bond donors (Lipinski definition) is 0. The van der Waals surface area contributed by atoms with E-state index < -0.39 is 0 Å². The van der Waals surface area contributed by atoms with Crippen LogP contribution >= 0.6 is 0 Å². The third-order valence-electron chi connectivity index (χ3n) is 4.23. The van der Waals surface area contributed by atoms with Gasteiger partial charge in [0.1, 0.15) is 0 Å². The van der Waals surface area contributed by atoms with Crippen LogP contribution in [0.3, 0.4) is 0 Å². The second-order valence-electron chi connectivity index (χ2n) is 5.52. The van der Waals surface area contributed by atoms with Gasteiger partial charge in [-0.25, -0.2) is 0 Å². The molecule has 0 unspecified atom stereocenters. The van der Waals surface area contributed by atoms with Crippen molar-refractivity contribution in [2.24, 2.45) is 0 Å². The van der Waals surface area contributed by atoms with Crippen molar-refractivity contribution in [3.05, 3.63) is 65.2 Å². The molecule has 114 valence electrons. The highest BCUT2D eigenvalue weighted by Gasteiger charge is 2.16. The smallest absolute Gasteiger partial charge is 0.231 e. The highest BCUT2D eigenvalue weighted by atomic mass is 16.7. The highest BCUT2D eigenvalue weighted by Crippen LogP contribution is 2.36. The second-order valence-corrected chi connectivity index (χ2v) is 5.52. The van der Waals surface area contributed by atoms with E-state index in [2.05, 4.69) is 56.3 Å². The largest absolute Gasteiger partial charge is 0.454 e. The Hall–Kier alpha value is -2.22.